The number of benzene rings is 2. The first-order valence-electron chi connectivity index (χ1n) is 9.65. The molecule has 1 aliphatic heterocycles. The fraction of sp³-hybridized carbons (Fsp3) is 0.174. The van der Waals surface area contributed by atoms with E-state index in [2.05, 4.69) is 4.98 Å². The lowest BCUT2D eigenvalue weighted by Crippen LogP contribution is -2.30. The van der Waals surface area contributed by atoms with E-state index >= 15 is 0 Å². The number of anilines is 1. The summed E-state index contributed by atoms with van der Waals surface area (Å²) in [5, 5.41) is 0.628. The molecular weight excluding hydrogens is 398 g/mol. The van der Waals surface area contributed by atoms with Crippen LogP contribution in [0.4, 0.5) is 5.13 Å². The van der Waals surface area contributed by atoms with Gasteiger partial charge in [-0.05, 0) is 30.7 Å². The SMILES string of the molecule is Cc1cccc(C(=O)N(Cc2cccnc2)c2nc3cc4c(cc3s2)OCCO4)c1. The molecule has 0 saturated carbocycles. The highest BCUT2D eigenvalue weighted by atomic mass is 32.1. The number of amides is 1. The number of ether oxygens (including phenoxy) is 2. The number of carbonyl (C=O) groups is 1. The van der Waals surface area contributed by atoms with Crippen molar-refractivity contribution in [3.05, 3.63) is 77.6 Å². The first-order valence-corrected chi connectivity index (χ1v) is 10.5. The Morgan fingerprint density at radius 1 is 1.10 bits per heavy atom. The first-order chi connectivity index (χ1) is 14.7. The molecule has 0 N–H and O–H groups in total. The summed E-state index contributed by atoms with van der Waals surface area (Å²) in [5.74, 6) is 1.31. The van der Waals surface area contributed by atoms with Crippen molar-refractivity contribution in [1.82, 2.24) is 9.97 Å². The Bertz CT molecular complexity index is 1180. The molecule has 0 bridgehead atoms. The van der Waals surface area contributed by atoms with Crippen molar-refractivity contribution in [3.8, 4) is 11.5 Å². The van der Waals surface area contributed by atoms with Gasteiger partial charge in [0.25, 0.3) is 5.91 Å². The number of rotatable bonds is 4. The molecule has 2 aromatic carbocycles. The number of thiazole rings is 1. The number of fused-ring (bicyclic) bond motifs is 2. The Morgan fingerprint density at radius 3 is 2.70 bits per heavy atom. The topological polar surface area (TPSA) is 64.6 Å². The van der Waals surface area contributed by atoms with Gasteiger partial charge >= 0.3 is 0 Å². The van der Waals surface area contributed by atoms with Gasteiger partial charge in [0.15, 0.2) is 16.6 Å². The molecule has 1 aliphatic rings. The summed E-state index contributed by atoms with van der Waals surface area (Å²) in [6, 6.07) is 15.2. The molecule has 2 aromatic heterocycles. The molecule has 0 unspecified atom stereocenters. The van der Waals surface area contributed by atoms with E-state index in [-0.39, 0.29) is 5.91 Å². The molecule has 0 spiro atoms. The van der Waals surface area contributed by atoms with Crippen LogP contribution >= 0.6 is 11.3 Å². The Balaban J connectivity index is 1.57. The van der Waals surface area contributed by atoms with Gasteiger partial charge in [-0.2, -0.15) is 0 Å². The standard InChI is InChI=1S/C23H19N3O3S/c1-15-4-2-6-17(10-15)22(27)26(14-16-5-3-7-24-13-16)23-25-18-11-19-20(12-21(18)30-23)29-9-8-28-19/h2-7,10-13H,8-9,14H2,1H3. The molecule has 6 nitrogen and oxygen atoms in total. The normalized spacial score (nSPS) is 12.7. The van der Waals surface area contributed by atoms with Gasteiger partial charge < -0.3 is 9.47 Å². The summed E-state index contributed by atoms with van der Waals surface area (Å²) in [5.41, 5.74) is 3.38. The molecular formula is C23H19N3O3S. The summed E-state index contributed by atoms with van der Waals surface area (Å²) in [6.45, 7) is 3.41. The zero-order valence-electron chi connectivity index (χ0n) is 16.4. The molecule has 4 aromatic rings. The molecule has 0 atom stereocenters. The van der Waals surface area contributed by atoms with Gasteiger partial charge in [-0.25, -0.2) is 4.98 Å². The maximum absolute atomic E-state index is 13.5. The lowest BCUT2D eigenvalue weighted by molar-refractivity contribution is 0.0985. The van der Waals surface area contributed by atoms with Gasteiger partial charge in [0.2, 0.25) is 0 Å². The van der Waals surface area contributed by atoms with Gasteiger partial charge in [0, 0.05) is 30.1 Å². The van der Waals surface area contributed by atoms with Gasteiger partial charge in [0.05, 0.1) is 16.8 Å². The molecule has 7 heteroatoms. The van der Waals surface area contributed by atoms with E-state index in [4.69, 9.17) is 14.5 Å². The summed E-state index contributed by atoms with van der Waals surface area (Å²) in [4.78, 5) is 24.1. The number of nitrogens with zero attached hydrogens (tertiary/aromatic N) is 3. The minimum absolute atomic E-state index is 0.0983. The Morgan fingerprint density at radius 2 is 1.93 bits per heavy atom. The predicted octanol–water partition coefficient (Wildman–Crippen LogP) is 4.62. The van der Waals surface area contributed by atoms with Crippen LogP contribution in [0.15, 0.2) is 60.9 Å². The maximum Gasteiger partial charge on any atom is 0.260 e. The molecule has 30 heavy (non-hydrogen) atoms. The highest BCUT2D eigenvalue weighted by Crippen LogP contribution is 2.39. The smallest absolute Gasteiger partial charge is 0.260 e. The summed E-state index contributed by atoms with van der Waals surface area (Å²) < 4.78 is 12.3. The zero-order chi connectivity index (χ0) is 20.5. The third-order valence-corrected chi connectivity index (χ3v) is 5.89. The Kier molecular flexibility index (Phi) is 4.80. The average Bonchev–Trinajstić information content (AvgIpc) is 3.18. The highest BCUT2D eigenvalue weighted by Gasteiger charge is 2.23. The van der Waals surface area contributed by atoms with Crippen LogP contribution in [0.2, 0.25) is 0 Å². The summed E-state index contributed by atoms with van der Waals surface area (Å²) >= 11 is 1.46. The van der Waals surface area contributed by atoms with Crippen molar-refractivity contribution in [3.63, 3.8) is 0 Å². The average molecular weight is 417 g/mol. The third-order valence-electron chi connectivity index (χ3n) is 4.85. The van der Waals surface area contributed by atoms with Crippen LogP contribution < -0.4 is 14.4 Å². The fourth-order valence-electron chi connectivity index (χ4n) is 3.40. The summed E-state index contributed by atoms with van der Waals surface area (Å²) in [7, 11) is 0. The van der Waals surface area contributed by atoms with E-state index in [0.29, 0.717) is 42.0 Å². The van der Waals surface area contributed by atoms with Crippen LogP contribution in [-0.2, 0) is 6.54 Å². The van der Waals surface area contributed by atoms with Crippen molar-refractivity contribution < 1.29 is 14.3 Å². The predicted molar refractivity (Wildman–Crippen MR) is 117 cm³/mol. The van der Waals surface area contributed by atoms with E-state index in [1.807, 2.05) is 55.5 Å². The van der Waals surface area contributed by atoms with E-state index in [1.165, 1.54) is 11.3 Å². The van der Waals surface area contributed by atoms with Crippen LogP contribution in [-0.4, -0.2) is 29.1 Å². The van der Waals surface area contributed by atoms with Gasteiger partial charge in [-0.1, -0.05) is 35.1 Å². The molecule has 1 amide bonds. The Hall–Kier alpha value is -3.45. The maximum atomic E-state index is 13.5. The zero-order valence-corrected chi connectivity index (χ0v) is 17.2. The lowest BCUT2D eigenvalue weighted by Gasteiger charge is -2.20. The van der Waals surface area contributed by atoms with Crippen molar-refractivity contribution >= 4 is 32.6 Å². The quantitative estimate of drug-likeness (QED) is 0.485. The van der Waals surface area contributed by atoms with Crippen molar-refractivity contribution in [2.75, 3.05) is 18.1 Å². The van der Waals surface area contributed by atoms with Crippen LogP contribution in [0.3, 0.4) is 0 Å². The Labute approximate surface area is 177 Å². The first kappa shape index (κ1) is 18.6. The van der Waals surface area contributed by atoms with E-state index < -0.39 is 0 Å². The van der Waals surface area contributed by atoms with E-state index in [0.717, 1.165) is 21.3 Å². The second-order valence-electron chi connectivity index (χ2n) is 7.08. The summed E-state index contributed by atoms with van der Waals surface area (Å²) in [6.07, 6.45) is 3.49. The number of pyridine rings is 1. The monoisotopic (exact) mass is 417 g/mol. The van der Waals surface area contributed by atoms with Crippen LogP contribution in [0.25, 0.3) is 10.2 Å². The molecule has 5 rings (SSSR count). The minimum atomic E-state index is -0.0983. The van der Waals surface area contributed by atoms with Crippen LogP contribution in [0.1, 0.15) is 21.5 Å². The molecule has 0 radical (unpaired) electrons. The molecule has 150 valence electrons. The minimum Gasteiger partial charge on any atom is -0.486 e. The molecule has 0 aliphatic carbocycles. The van der Waals surface area contributed by atoms with Crippen molar-refractivity contribution in [1.29, 1.82) is 0 Å². The number of hydrogen-bond acceptors (Lipinski definition) is 6. The van der Waals surface area contributed by atoms with Crippen LogP contribution in [0.5, 0.6) is 11.5 Å². The lowest BCUT2D eigenvalue weighted by atomic mass is 10.1. The highest BCUT2D eigenvalue weighted by molar-refractivity contribution is 7.22. The number of aromatic nitrogens is 2. The molecule has 3 heterocycles. The fourth-order valence-corrected chi connectivity index (χ4v) is 4.38. The number of hydrogen-bond donors (Lipinski definition) is 0. The molecule has 0 fully saturated rings. The third kappa shape index (κ3) is 3.59. The van der Waals surface area contributed by atoms with E-state index in [9.17, 15) is 4.79 Å². The van der Waals surface area contributed by atoms with Crippen molar-refractivity contribution in [2.24, 2.45) is 0 Å². The number of aryl methyl sites for hydroxylation is 1. The second-order valence-corrected chi connectivity index (χ2v) is 8.09. The van der Waals surface area contributed by atoms with Gasteiger partial charge in [-0.3, -0.25) is 14.7 Å². The van der Waals surface area contributed by atoms with Crippen LogP contribution in [0, 0.1) is 6.92 Å². The second kappa shape index (κ2) is 7.76. The van der Waals surface area contributed by atoms with Gasteiger partial charge in [0.1, 0.15) is 13.2 Å². The van der Waals surface area contributed by atoms with E-state index in [1.54, 1.807) is 17.3 Å². The van der Waals surface area contributed by atoms with Gasteiger partial charge in [-0.15, -0.1) is 0 Å². The number of carbonyl (C=O) groups excluding carboxylic acids is 1. The molecule has 0 saturated heterocycles. The largest absolute Gasteiger partial charge is 0.486 e. The van der Waals surface area contributed by atoms with Crippen molar-refractivity contribution in [2.45, 2.75) is 13.5 Å².